The van der Waals surface area contributed by atoms with Gasteiger partial charge in [0.15, 0.2) is 18.9 Å². The first-order chi connectivity index (χ1) is 14.9. The maximum absolute atomic E-state index is 12.8. The molecular formula is C25H26N3O3+. The Bertz CT molecular complexity index is 1060. The number of nitrogens with one attached hydrogen (secondary N) is 3. The van der Waals surface area contributed by atoms with Gasteiger partial charge < -0.3 is 15.5 Å². The Hall–Kier alpha value is -3.77. The summed E-state index contributed by atoms with van der Waals surface area (Å²) in [5, 5.41) is 5.64. The van der Waals surface area contributed by atoms with E-state index in [4.69, 9.17) is 0 Å². The Balaban J connectivity index is 1.57. The minimum absolute atomic E-state index is 0.0924. The number of para-hydroxylation sites is 1. The lowest BCUT2D eigenvalue weighted by Gasteiger charge is -2.15. The molecule has 0 saturated heterocycles. The molecule has 0 spiro atoms. The van der Waals surface area contributed by atoms with E-state index < -0.39 is 0 Å². The second-order valence-corrected chi connectivity index (χ2v) is 7.51. The maximum Gasteiger partial charge on any atom is 0.279 e. The van der Waals surface area contributed by atoms with Gasteiger partial charge in [-0.3, -0.25) is 14.4 Å². The van der Waals surface area contributed by atoms with Gasteiger partial charge in [0.25, 0.3) is 11.8 Å². The summed E-state index contributed by atoms with van der Waals surface area (Å²) >= 11 is 0. The van der Waals surface area contributed by atoms with E-state index in [-0.39, 0.29) is 30.7 Å². The molecule has 0 saturated carbocycles. The Labute approximate surface area is 181 Å². The van der Waals surface area contributed by atoms with Crippen molar-refractivity contribution in [3.8, 4) is 0 Å². The van der Waals surface area contributed by atoms with Gasteiger partial charge in [0.1, 0.15) is 0 Å². The molecular weight excluding hydrogens is 390 g/mol. The van der Waals surface area contributed by atoms with E-state index in [0.29, 0.717) is 16.8 Å². The third kappa shape index (κ3) is 6.35. The molecule has 3 aromatic carbocycles. The fourth-order valence-electron chi connectivity index (χ4n) is 3.18. The van der Waals surface area contributed by atoms with Gasteiger partial charge >= 0.3 is 0 Å². The highest BCUT2D eigenvalue weighted by Gasteiger charge is 2.18. The number of anilines is 2. The van der Waals surface area contributed by atoms with Crippen LogP contribution in [0.4, 0.5) is 11.4 Å². The van der Waals surface area contributed by atoms with Gasteiger partial charge in [-0.1, -0.05) is 60.2 Å². The van der Waals surface area contributed by atoms with E-state index in [1.807, 2.05) is 37.3 Å². The van der Waals surface area contributed by atoms with Crippen LogP contribution >= 0.6 is 0 Å². The number of rotatable bonds is 8. The maximum atomic E-state index is 12.8. The van der Waals surface area contributed by atoms with E-state index in [9.17, 15) is 14.4 Å². The number of carbonyl (C=O) groups is 3. The molecule has 3 rings (SSSR count). The molecule has 6 nitrogen and oxygen atoms in total. The molecule has 2 amide bonds. The van der Waals surface area contributed by atoms with Crippen LogP contribution in [-0.4, -0.2) is 37.7 Å². The van der Waals surface area contributed by atoms with Gasteiger partial charge in [0.05, 0.1) is 12.7 Å². The van der Waals surface area contributed by atoms with Crippen LogP contribution in [0, 0.1) is 6.92 Å². The second kappa shape index (κ2) is 10.3. The van der Waals surface area contributed by atoms with Gasteiger partial charge in [0.2, 0.25) is 0 Å². The molecule has 0 aliphatic rings. The molecule has 1 atom stereocenters. The number of benzene rings is 3. The Morgan fingerprint density at radius 1 is 0.742 bits per heavy atom. The van der Waals surface area contributed by atoms with E-state index in [0.717, 1.165) is 16.2 Å². The van der Waals surface area contributed by atoms with Gasteiger partial charge in [-0.15, -0.1) is 0 Å². The summed E-state index contributed by atoms with van der Waals surface area (Å²) in [6.07, 6.45) is 0. The Kier molecular flexibility index (Phi) is 7.30. The zero-order valence-corrected chi connectivity index (χ0v) is 17.6. The predicted octanol–water partition coefficient (Wildman–Crippen LogP) is 2.32. The van der Waals surface area contributed by atoms with Gasteiger partial charge in [0, 0.05) is 16.8 Å². The molecule has 0 fully saturated rings. The lowest BCUT2D eigenvalue weighted by atomic mass is 10.0. The van der Waals surface area contributed by atoms with Crippen molar-refractivity contribution in [2.24, 2.45) is 0 Å². The topological polar surface area (TPSA) is 79.7 Å². The van der Waals surface area contributed by atoms with Crippen molar-refractivity contribution in [3.05, 3.63) is 95.6 Å². The summed E-state index contributed by atoms with van der Waals surface area (Å²) in [7, 11) is 1.77. The van der Waals surface area contributed by atoms with E-state index >= 15 is 0 Å². The number of aryl methyl sites for hydroxylation is 1. The van der Waals surface area contributed by atoms with Crippen molar-refractivity contribution in [2.45, 2.75) is 6.92 Å². The lowest BCUT2D eigenvalue weighted by Crippen LogP contribution is -3.11. The summed E-state index contributed by atoms with van der Waals surface area (Å²) in [5.74, 6) is -0.600. The van der Waals surface area contributed by atoms with Crippen LogP contribution in [-0.2, 0) is 9.59 Å². The van der Waals surface area contributed by atoms with Crippen molar-refractivity contribution in [1.82, 2.24) is 0 Å². The normalized spacial score (nSPS) is 11.4. The first-order valence-electron chi connectivity index (χ1n) is 10.1. The predicted molar refractivity (Wildman–Crippen MR) is 121 cm³/mol. The SMILES string of the molecule is Cc1ccc(NC(=O)C[NH+](C)CC(=O)Nc2ccccc2C(=O)c2ccccc2)cc1. The van der Waals surface area contributed by atoms with Crippen molar-refractivity contribution in [1.29, 1.82) is 0 Å². The highest BCUT2D eigenvalue weighted by Crippen LogP contribution is 2.19. The van der Waals surface area contributed by atoms with E-state index in [1.54, 1.807) is 55.6 Å². The number of hydrogen-bond donors (Lipinski definition) is 3. The monoisotopic (exact) mass is 416 g/mol. The summed E-state index contributed by atoms with van der Waals surface area (Å²) < 4.78 is 0. The zero-order chi connectivity index (χ0) is 22.2. The molecule has 0 aromatic heterocycles. The lowest BCUT2D eigenvalue weighted by molar-refractivity contribution is -0.862. The van der Waals surface area contributed by atoms with Crippen molar-refractivity contribution in [2.75, 3.05) is 30.8 Å². The zero-order valence-electron chi connectivity index (χ0n) is 17.6. The summed E-state index contributed by atoms with van der Waals surface area (Å²) in [5.41, 5.74) is 3.28. The van der Waals surface area contributed by atoms with Gasteiger partial charge in [-0.25, -0.2) is 0 Å². The Morgan fingerprint density at radius 3 is 2.00 bits per heavy atom. The number of hydrogen-bond acceptors (Lipinski definition) is 3. The summed E-state index contributed by atoms with van der Waals surface area (Å²) in [4.78, 5) is 38.3. The van der Waals surface area contributed by atoms with Crippen molar-refractivity contribution >= 4 is 29.0 Å². The van der Waals surface area contributed by atoms with Gasteiger partial charge in [-0.05, 0) is 31.2 Å². The molecule has 3 N–H and O–H groups in total. The fourth-order valence-corrected chi connectivity index (χ4v) is 3.18. The number of amides is 2. The van der Waals surface area contributed by atoms with Crippen LogP contribution < -0.4 is 15.5 Å². The Morgan fingerprint density at radius 2 is 1.32 bits per heavy atom. The molecule has 1 unspecified atom stereocenters. The largest absolute Gasteiger partial charge is 0.322 e. The van der Waals surface area contributed by atoms with Crippen LogP contribution in [0.1, 0.15) is 21.5 Å². The van der Waals surface area contributed by atoms with Crippen molar-refractivity contribution < 1.29 is 19.3 Å². The van der Waals surface area contributed by atoms with Gasteiger partial charge in [-0.2, -0.15) is 0 Å². The molecule has 3 aromatic rings. The minimum atomic E-state index is -0.269. The highest BCUT2D eigenvalue weighted by atomic mass is 16.2. The van der Waals surface area contributed by atoms with Crippen LogP contribution in [0.15, 0.2) is 78.9 Å². The fraction of sp³-hybridized carbons (Fsp3) is 0.160. The number of ketones is 1. The molecule has 0 aliphatic heterocycles. The molecule has 0 aliphatic carbocycles. The first kappa shape index (κ1) is 21.9. The third-order valence-electron chi connectivity index (χ3n) is 4.74. The van der Waals surface area contributed by atoms with Crippen LogP contribution in [0.5, 0.6) is 0 Å². The second-order valence-electron chi connectivity index (χ2n) is 7.51. The molecule has 158 valence electrons. The quantitative estimate of drug-likeness (QED) is 0.493. The molecule has 31 heavy (non-hydrogen) atoms. The minimum Gasteiger partial charge on any atom is -0.322 e. The summed E-state index contributed by atoms with van der Waals surface area (Å²) in [6.45, 7) is 2.22. The third-order valence-corrected chi connectivity index (χ3v) is 4.74. The smallest absolute Gasteiger partial charge is 0.279 e. The molecule has 0 bridgehead atoms. The van der Waals surface area contributed by atoms with E-state index in [1.165, 1.54) is 0 Å². The standard InChI is InChI=1S/C25H25N3O3/c1-18-12-14-20(15-13-18)26-23(29)16-28(2)17-24(30)27-22-11-7-6-10-21(22)25(31)19-8-4-3-5-9-19/h3-15H,16-17H2,1-2H3,(H,26,29)(H,27,30)/p+1. The van der Waals surface area contributed by atoms with Crippen molar-refractivity contribution in [3.63, 3.8) is 0 Å². The summed E-state index contributed by atoms with van der Waals surface area (Å²) in [6, 6.07) is 23.4. The molecule has 0 radical (unpaired) electrons. The highest BCUT2D eigenvalue weighted by molar-refractivity contribution is 6.13. The van der Waals surface area contributed by atoms with Crippen LogP contribution in [0.3, 0.4) is 0 Å². The number of likely N-dealkylation sites (N-methyl/N-ethyl adjacent to an activating group) is 1. The number of quaternary nitrogens is 1. The van der Waals surface area contributed by atoms with Crippen LogP contribution in [0.2, 0.25) is 0 Å². The average molecular weight is 417 g/mol. The van der Waals surface area contributed by atoms with E-state index in [2.05, 4.69) is 10.6 Å². The first-order valence-corrected chi connectivity index (χ1v) is 10.1. The number of carbonyl (C=O) groups excluding carboxylic acids is 3. The van der Waals surface area contributed by atoms with Crippen LogP contribution in [0.25, 0.3) is 0 Å². The molecule has 6 heteroatoms. The average Bonchev–Trinajstić information content (AvgIpc) is 2.75. The molecule has 0 heterocycles.